The molecule has 11 rings (SSSR count). The summed E-state index contributed by atoms with van der Waals surface area (Å²) in [6.45, 7) is 0. The maximum Gasteiger partial charge on any atom is 0.227 e. The minimum atomic E-state index is 0.589. The Morgan fingerprint density at radius 1 is 0.288 bits per heavy atom. The van der Waals surface area contributed by atoms with Gasteiger partial charge in [0, 0.05) is 27.6 Å². The lowest BCUT2D eigenvalue weighted by Crippen LogP contribution is -2.01. The van der Waals surface area contributed by atoms with Gasteiger partial charge in [0.25, 0.3) is 0 Å². The Hall–Kier alpha value is -8.02. The summed E-state index contributed by atoms with van der Waals surface area (Å²) in [5.41, 5.74) is 11.8. The van der Waals surface area contributed by atoms with Gasteiger partial charge in [-0.3, -0.25) is 0 Å². The zero-order valence-corrected chi connectivity index (χ0v) is 31.8. The quantitative estimate of drug-likeness (QED) is 0.162. The van der Waals surface area contributed by atoms with Gasteiger partial charge in [0.15, 0.2) is 23.1 Å². The zero-order chi connectivity index (χ0) is 39.1. The summed E-state index contributed by atoms with van der Waals surface area (Å²) in [4.78, 5) is 20.5. The van der Waals surface area contributed by atoms with Crippen molar-refractivity contribution in [3.05, 3.63) is 206 Å². The van der Waals surface area contributed by atoms with E-state index >= 15 is 0 Å². The Kier molecular flexibility index (Phi) is 8.41. The number of nitrogens with zero attached hydrogens (tertiary/aromatic N) is 4. The Balaban J connectivity index is 1.07. The largest absolute Gasteiger partial charge is 0.435 e. The molecule has 0 fully saturated rings. The van der Waals surface area contributed by atoms with Gasteiger partial charge in [-0.25, -0.2) is 19.9 Å². The van der Waals surface area contributed by atoms with E-state index in [9.17, 15) is 0 Å². The fourth-order valence-corrected chi connectivity index (χ4v) is 8.02. The van der Waals surface area contributed by atoms with Crippen molar-refractivity contribution < 1.29 is 4.42 Å². The number of aromatic nitrogens is 4. The Morgan fingerprint density at radius 2 is 0.814 bits per heavy atom. The van der Waals surface area contributed by atoms with Gasteiger partial charge in [-0.05, 0) is 85.9 Å². The maximum atomic E-state index is 6.54. The van der Waals surface area contributed by atoms with E-state index in [1.54, 1.807) is 0 Å². The molecule has 0 saturated heterocycles. The average molecular weight is 755 g/mol. The van der Waals surface area contributed by atoms with Gasteiger partial charge in [-0.2, -0.15) is 0 Å². The van der Waals surface area contributed by atoms with Crippen LogP contribution in [0.2, 0.25) is 0 Å². The summed E-state index contributed by atoms with van der Waals surface area (Å²) in [6, 6.07) is 71.2. The van der Waals surface area contributed by atoms with E-state index in [-0.39, 0.29) is 0 Å². The van der Waals surface area contributed by atoms with Crippen LogP contribution in [0.15, 0.2) is 211 Å². The summed E-state index contributed by atoms with van der Waals surface area (Å²) in [5.74, 6) is 2.40. The van der Waals surface area contributed by atoms with Gasteiger partial charge in [0.05, 0.1) is 0 Å². The number of oxazole rings is 1. The molecule has 2 heterocycles. The first kappa shape index (κ1) is 34.2. The first-order valence-corrected chi connectivity index (χ1v) is 19.7. The second kappa shape index (κ2) is 14.5. The fourth-order valence-electron chi connectivity index (χ4n) is 8.02. The lowest BCUT2D eigenvalue weighted by Gasteiger charge is -2.13. The van der Waals surface area contributed by atoms with Crippen molar-refractivity contribution in [3.8, 4) is 79.0 Å². The smallest absolute Gasteiger partial charge is 0.227 e. The van der Waals surface area contributed by atoms with Crippen LogP contribution in [0.5, 0.6) is 0 Å². The standard InChI is InChI=1S/C54H34N4O/c1-4-14-35(15-5-1)39-26-27-41-33-44(29-28-40(41)32-39)52-56-51(57-53(58-52)47-24-11-10-23-45(47)36-16-6-2-7-17-36)43-22-12-21-42(34-43)46-25-13-20-37-30-31-48-50(49(37)46)59-54(55-48)38-18-8-3-9-19-38/h1-34H. The summed E-state index contributed by atoms with van der Waals surface area (Å²) < 4.78 is 6.54. The highest BCUT2D eigenvalue weighted by atomic mass is 16.3. The number of benzene rings is 9. The minimum Gasteiger partial charge on any atom is -0.435 e. The molecule has 0 unspecified atom stereocenters. The molecular weight excluding hydrogens is 721 g/mol. The van der Waals surface area contributed by atoms with Gasteiger partial charge in [0.1, 0.15) is 5.52 Å². The van der Waals surface area contributed by atoms with Gasteiger partial charge in [-0.15, -0.1) is 0 Å². The molecule has 0 atom stereocenters. The van der Waals surface area contributed by atoms with E-state index in [2.05, 4.69) is 152 Å². The lowest BCUT2D eigenvalue weighted by molar-refractivity contribution is 0.623. The van der Waals surface area contributed by atoms with E-state index in [0.29, 0.717) is 23.4 Å². The monoisotopic (exact) mass is 754 g/mol. The molecule has 276 valence electrons. The van der Waals surface area contributed by atoms with E-state index in [1.165, 1.54) is 11.1 Å². The van der Waals surface area contributed by atoms with Crippen molar-refractivity contribution >= 4 is 32.6 Å². The van der Waals surface area contributed by atoms with Crippen LogP contribution in [0.1, 0.15) is 0 Å². The fraction of sp³-hybridized carbons (Fsp3) is 0. The molecule has 0 amide bonds. The van der Waals surface area contributed by atoms with Crippen LogP contribution in [0.3, 0.4) is 0 Å². The van der Waals surface area contributed by atoms with Crippen LogP contribution in [-0.4, -0.2) is 19.9 Å². The van der Waals surface area contributed by atoms with Crippen molar-refractivity contribution in [2.45, 2.75) is 0 Å². The molecule has 59 heavy (non-hydrogen) atoms. The first-order valence-electron chi connectivity index (χ1n) is 19.7. The van der Waals surface area contributed by atoms with E-state index in [1.807, 2.05) is 54.6 Å². The Labute approximate surface area is 341 Å². The maximum absolute atomic E-state index is 6.54. The number of rotatable bonds is 7. The summed E-state index contributed by atoms with van der Waals surface area (Å²) in [7, 11) is 0. The summed E-state index contributed by atoms with van der Waals surface area (Å²) >= 11 is 0. The molecule has 9 aromatic carbocycles. The van der Waals surface area contributed by atoms with Gasteiger partial charge in [0.2, 0.25) is 5.89 Å². The molecule has 0 aliphatic heterocycles. The minimum absolute atomic E-state index is 0.589. The molecule has 5 heteroatoms. The van der Waals surface area contributed by atoms with Crippen molar-refractivity contribution in [1.82, 2.24) is 19.9 Å². The lowest BCUT2D eigenvalue weighted by atomic mass is 9.96. The van der Waals surface area contributed by atoms with Crippen molar-refractivity contribution in [1.29, 1.82) is 0 Å². The second-order valence-electron chi connectivity index (χ2n) is 14.6. The van der Waals surface area contributed by atoms with Crippen LogP contribution < -0.4 is 0 Å². The zero-order valence-electron chi connectivity index (χ0n) is 31.8. The third-order valence-electron chi connectivity index (χ3n) is 10.9. The normalized spacial score (nSPS) is 11.4. The molecule has 0 spiro atoms. The second-order valence-corrected chi connectivity index (χ2v) is 14.6. The topological polar surface area (TPSA) is 64.7 Å². The van der Waals surface area contributed by atoms with Gasteiger partial charge < -0.3 is 4.42 Å². The highest BCUT2D eigenvalue weighted by Gasteiger charge is 2.18. The number of hydrogen-bond acceptors (Lipinski definition) is 5. The molecule has 0 saturated carbocycles. The molecule has 0 aliphatic carbocycles. The molecule has 5 nitrogen and oxygen atoms in total. The van der Waals surface area contributed by atoms with Gasteiger partial charge >= 0.3 is 0 Å². The number of hydrogen-bond donors (Lipinski definition) is 0. The van der Waals surface area contributed by atoms with Gasteiger partial charge in [-0.1, -0.05) is 170 Å². The van der Waals surface area contributed by atoms with Crippen molar-refractivity contribution in [2.75, 3.05) is 0 Å². The first-order chi connectivity index (χ1) is 29.2. The average Bonchev–Trinajstić information content (AvgIpc) is 3.77. The third-order valence-corrected chi connectivity index (χ3v) is 10.9. The van der Waals surface area contributed by atoms with Crippen LogP contribution in [0.25, 0.3) is 112 Å². The predicted molar refractivity (Wildman–Crippen MR) is 240 cm³/mol. The van der Waals surface area contributed by atoms with Crippen LogP contribution >= 0.6 is 0 Å². The highest BCUT2D eigenvalue weighted by Crippen LogP contribution is 2.39. The van der Waals surface area contributed by atoms with Crippen LogP contribution in [-0.2, 0) is 0 Å². The molecular formula is C54H34N4O. The van der Waals surface area contributed by atoms with E-state index < -0.39 is 0 Å². The van der Waals surface area contributed by atoms with E-state index in [4.69, 9.17) is 24.4 Å². The van der Waals surface area contributed by atoms with Crippen LogP contribution in [0.4, 0.5) is 0 Å². The molecule has 0 aliphatic rings. The molecule has 11 aromatic rings. The van der Waals surface area contributed by atoms with Crippen molar-refractivity contribution in [3.63, 3.8) is 0 Å². The molecule has 0 N–H and O–H groups in total. The Bertz CT molecular complexity index is 3320. The molecule has 0 radical (unpaired) electrons. The van der Waals surface area contributed by atoms with Crippen molar-refractivity contribution in [2.24, 2.45) is 0 Å². The summed E-state index contributed by atoms with van der Waals surface area (Å²) in [6.07, 6.45) is 0. The summed E-state index contributed by atoms with van der Waals surface area (Å²) in [5, 5.41) is 4.35. The Morgan fingerprint density at radius 3 is 1.56 bits per heavy atom. The SMILES string of the molecule is c1ccc(-c2ccc3cc(-c4nc(-c5cccc(-c6cccc7ccc8nc(-c9ccccc9)oc8c67)c5)nc(-c5ccccc5-c5ccccc5)n4)ccc3c2)cc1. The van der Waals surface area contributed by atoms with E-state index in [0.717, 1.165) is 77.2 Å². The predicted octanol–water partition coefficient (Wildman–Crippen LogP) is 14.0. The molecule has 2 aromatic heterocycles. The highest BCUT2D eigenvalue weighted by molar-refractivity contribution is 6.11. The van der Waals surface area contributed by atoms with Crippen LogP contribution in [0, 0.1) is 0 Å². The third kappa shape index (κ3) is 6.41. The number of fused-ring (bicyclic) bond motifs is 4. The molecule has 0 bridgehead atoms.